The Hall–Kier alpha value is -3.01. The van der Waals surface area contributed by atoms with Gasteiger partial charge in [0.15, 0.2) is 0 Å². The van der Waals surface area contributed by atoms with Crippen LogP contribution in [0.5, 0.6) is 0 Å². The number of pyridine rings is 1. The molecule has 0 atom stereocenters. The van der Waals surface area contributed by atoms with Gasteiger partial charge in [-0.3, -0.25) is 14.9 Å². The molecule has 1 heterocycles. The van der Waals surface area contributed by atoms with E-state index in [0.29, 0.717) is 5.56 Å². The Labute approximate surface area is 112 Å². The first kappa shape index (κ1) is 13.4. The number of benzene rings is 1. The maximum atomic E-state index is 13.5. The molecule has 6 nitrogen and oxygen atoms in total. The maximum Gasteiger partial charge on any atom is 0.304 e. The number of halogens is 1. The van der Waals surface area contributed by atoms with E-state index in [-0.39, 0.29) is 12.1 Å². The molecule has 0 N–H and O–H groups in total. The number of hydrogen-bond donors (Lipinski definition) is 0. The van der Waals surface area contributed by atoms with Crippen LogP contribution in [0.4, 0.5) is 10.1 Å². The first-order chi connectivity index (χ1) is 9.52. The van der Waals surface area contributed by atoms with E-state index in [1.54, 1.807) is 6.07 Å². The highest BCUT2D eigenvalue weighted by Gasteiger charge is 2.14. The van der Waals surface area contributed by atoms with E-state index in [0.717, 1.165) is 12.1 Å². The van der Waals surface area contributed by atoms with E-state index in [9.17, 15) is 19.3 Å². The summed E-state index contributed by atoms with van der Waals surface area (Å²) in [6.45, 7) is 0.0310. The van der Waals surface area contributed by atoms with Crippen LogP contribution in [0.25, 0.3) is 0 Å². The largest absolute Gasteiger partial charge is 0.310 e. The van der Waals surface area contributed by atoms with Crippen LogP contribution in [-0.2, 0) is 6.54 Å². The second-order valence-electron chi connectivity index (χ2n) is 4.01. The summed E-state index contributed by atoms with van der Waals surface area (Å²) in [6, 6.07) is 8.09. The molecule has 0 amide bonds. The Morgan fingerprint density at radius 3 is 2.75 bits per heavy atom. The van der Waals surface area contributed by atoms with Crippen molar-refractivity contribution in [3.8, 4) is 6.07 Å². The molecule has 0 saturated heterocycles. The minimum absolute atomic E-state index is 0.0186. The van der Waals surface area contributed by atoms with E-state index in [4.69, 9.17) is 5.26 Å². The summed E-state index contributed by atoms with van der Waals surface area (Å²) in [6.07, 6.45) is 1.46. The number of rotatable bonds is 3. The second-order valence-corrected chi connectivity index (χ2v) is 4.01. The smallest absolute Gasteiger partial charge is 0.304 e. The second kappa shape index (κ2) is 5.32. The molecule has 1 aromatic heterocycles. The predicted octanol–water partition coefficient (Wildman–Crippen LogP) is 1.82. The summed E-state index contributed by atoms with van der Waals surface area (Å²) in [5.41, 5.74) is -0.735. The van der Waals surface area contributed by atoms with Crippen LogP contribution >= 0.6 is 0 Å². The van der Waals surface area contributed by atoms with Crippen molar-refractivity contribution in [3.63, 3.8) is 0 Å². The molecule has 0 spiro atoms. The van der Waals surface area contributed by atoms with Gasteiger partial charge in [-0.1, -0.05) is 6.07 Å². The van der Waals surface area contributed by atoms with E-state index in [1.165, 1.54) is 29.0 Å². The maximum absolute atomic E-state index is 13.5. The third-order valence-electron chi connectivity index (χ3n) is 2.70. The van der Waals surface area contributed by atoms with Crippen molar-refractivity contribution in [2.24, 2.45) is 0 Å². The van der Waals surface area contributed by atoms with Crippen LogP contribution in [0, 0.1) is 27.3 Å². The number of hydrogen-bond acceptors (Lipinski definition) is 4. The summed E-state index contributed by atoms with van der Waals surface area (Å²) in [7, 11) is 0. The van der Waals surface area contributed by atoms with Crippen LogP contribution < -0.4 is 5.56 Å². The van der Waals surface area contributed by atoms with E-state index in [2.05, 4.69) is 0 Å². The highest BCUT2D eigenvalue weighted by molar-refractivity contribution is 5.35. The van der Waals surface area contributed by atoms with Gasteiger partial charge in [0.05, 0.1) is 11.5 Å². The minimum atomic E-state index is -0.961. The Morgan fingerprint density at radius 2 is 2.15 bits per heavy atom. The monoisotopic (exact) mass is 273 g/mol. The Kier molecular flexibility index (Phi) is 3.57. The average molecular weight is 273 g/mol. The van der Waals surface area contributed by atoms with Gasteiger partial charge in [-0.25, -0.2) is 0 Å². The fraction of sp³-hybridized carbons (Fsp3) is 0.0769. The summed E-state index contributed by atoms with van der Waals surface area (Å²) in [4.78, 5) is 21.5. The highest BCUT2D eigenvalue weighted by Crippen LogP contribution is 2.18. The fourth-order valence-corrected chi connectivity index (χ4v) is 1.74. The van der Waals surface area contributed by atoms with Gasteiger partial charge in [0.25, 0.3) is 5.56 Å². The van der Waals surface area contributed by atoms with Gasteiger partial charge < -0.3 is 4.57 Å². The molecule has 0 aliphatic rings. The lowest BCUT2D eigenvalue weighted by Crippen LogP contribution is -2.22. The van der Waals surface area contributed by atoms with Crippen LogP contribution in [0.15, 0.2) is 41.3 Å². The van der Waals surface area contributed by atoms with Crippen LogP contribution in [-0.4, -0.2) is 9.49 Å². The molecule has 0 radical (unpaired) electrons. The lowest BCUT2D eigenvalue weighted by molar-refractivity contribution is -0.387. The van der Waals surface area contributed by atoms with Crippen LogP contribution in [0.2, 0.25) is 0 Å². The molecule has 100 valence electrons. The average Bonchev–Trinajstić information content (AvgIpc) is 2.41. The zero-order valence-electron chi connectivity index (χ0n) is 10.1. The fourth-order valence-electron chi connectivity index (χ4n) is 1.74. The molecule has 2 aromatic rings. The highest BCUT2D eigenvalue weighted by atomic mass is 19.1. The topological polar surface area (TPSA) is 88.9 Å². The lowest BCUT2D eigenvalue weighted by atomic mass is 10.2. The van der Waals surface area contributed by atoms with E-state index >= 15 is 0 Å². The number of nitrogens with zero attached hydrogens (tertiary/aromatic N) is 3. The van der Waals surface area contributed by atoms with Gasteiger partial charge in [0, 0.05) is 12.3 Å². The van der Waals surface area contributed by atoms with Crippen molar-refractivity contribution in [2.45, 2.75) is 6.54 Å². The third kappa shape index (κ3) is 2.54. The minimum Gasteiger partial charge on any atom is -0.310 e. The molecule has 20 heavy (non-hydrogen) atoms. The van der Waals surface area contributed by atoms with Crippen molar-refractivity contribution in [3.05, 3.63) is 73.9 Å². The van der Waals surface area contributed by atoms with E-state index in [1.807, 2.05) is 0 Å². The van der Waals surface area contributed by atoms with Crippen molar-refractivity contribution in [1.82, 2.24) is 4.57 Å². The van der Waals surface area contributed by atoms with Crippen LogP contribution in [0.1, 0.15) is 11.1 Å². The van der Waals surface area contributed by atoms with Crippen molar-refractivity contribution >= 4 is 5.69 Å². The molecule has 0 bridgehead atoms. The molecule has 0 unspecified atom stereocenters. The molecule has 0 fully saturated rings. The van der Waals surface area contributed by atoms with Gasteiger partial charge in [-0.15, -0.1) is 0 Å². The van der Waals surface area contributed by atoms with Gasteiger partial charge in [0.2, 0.25) is 5.82 Å². The van der Waals surface area contributed by atoms with Crippen molar-refractivity contribution in [1.29, 1.82) is 5.26 Å². The van der Waals surface area contributed by atoms with E-state index < -0.39 is 22.0 Å². The number of nitro benzene ring substituents is 1. The standard InChI is InChI=1S/C13H8FN3O3/c14-11-6-9(3-4-12(11)17(19)20)8-16-5-1-2-10(7-15)13(16)18/h1-6H,8H2. The number of nitro groups is 1. The molecule has 1 aromatic carbocycles. The molecule has 0 saturated carbocycles. The quantitative estimate of drug-likeness (QED) is 0.630. The van der Waals surface area contributed by atoms with Gasteiger partial charge in [-0.05, 0) is 23.8 Å². The van der Waals surface area contributed by atoms with Gasteiger partial charge in [0.1, 0.15) is 11.6 Å². The molecule has 2 rings (SSSR count). The molecule has 7 heteroatoms. The molecular weight excluding hydrogens is 265 g/mol. The lowest BCUT2D eigenvalue weighted by Gasteiger charge is -2.06. The molecule has 0 aliphatic heterocycles. The third-order valence-corrected chi connectivity index (χ3v) is 2.70. The Bertz CT molecular complexity index is 777. The summed E-state index contributed by atoms with van der Waals surface area (Å²) in [5.74, 6) is -0.961. The van der Waals surface area contributed by atoms with Gasteiger partial charge >= 0.3 is 5.69 Å². The summed E-state index contributed by atoms with van der Waals surface area (Å²) < 4.78 is 14.7. The first-order valence-corrected chi connectivity index (χ1v) is 5.55. The predicted molar refractivity (Wildman–Crippen MR) is 67.6 cm³/mol. The first-order valence-electron chi connectivity index (χ1n) is 5.55. The number of nitriles is 1. The zero-order chi connectivity index (χ0) is 14.7. The molecule has 0 aliphatic carbocycles. The van der Waals surface area contributed by atoms with Crippen molar-refractivity contribution in [2.75, 3.05) is 0 Å². The zero-order valence-corrected chi connectivity index (χ0v) is 10.1. The molecular formula is C13H8FN3O3. The van der Waals surface area contributed by atoms with Crippen LogP contribution in [0.3, 0.4) is 0 Å². The number of aromatic nitrogens is 1. The van der Waals surface area contributed by atoms with Crippen molar-refractivity contribution < 1.29 is 9.31 Å². The summed E-state index contributed by atoms with van der Waals surface area (Å²) >= 11 is 0. The summed E-state index contributed by atoms with van der Waals surface area (Å²) in [5, 5.41) is 19.3. The Balaban J connectivity index is 2.37. The van der Waals surface area contributed by atoms with Gasteiger partial charge in [-0.2, -0.15) is 9.65 Å². The Morgan fingerprint density at radius 1 is 1.40 bits per heavy atom. The SMILES string of the molecule is N#Cc1cccn(Cc2ccc([N+](=O)[O-])c(F)c2)c1=O. The normalized spacial score (nSPS) is 10.0.